The van der Waals surface area contributed by atoms with Crippen LogP contribution in [0.3, 0.4) is 0 Å². The molecule has 0 aromatic rings. The third-order valence-electron chi connectivity index (χ3n) is 3.33. The normalized spacial score (nSPS) is 29.4. The summed E-state index contributed by atoms with van der Waals surface area (Å²) in [6, 6.07) is 2.05. The Kier molecular flexibility index (Phi) is 4.39. The first-order chi connectivity index (χ1) is 6.57. The molecule has 2 unspecified atom stereocenters. The van der Waals surface area contributed by atoms with Gasteiger partial charge in [0.15, 0.2) is 0 Å². The van der Waals surface area contributed by atoms with Gasteiger partial charge in [0, 0.05) is 25.2 Å². The van der Waals surface area contributed by atoms with Gasteiger partial charge in [0.05, 0.1) is 6.61 Å². The molecule has 1 aliphatic heterocycles. The van der Waals surface area contributed by atoms with Gasteiger partial charge in [0.1, 0.15) is 0 Å². The van der Waals surface area contributed by atoms with Crippen molar-refractivity contribution in [2.45, 2.75) is 58.7 Å². The van der Waals surface area contributed by atoms with E-state index in [0.717, 1.165) is 18.6 Å². The summed E-state index contributed by atoms with van der Waals surface area (Å²) in [5.74, 6) is 0.763. The number of methoxy groups -OCH3 is 1. The van der Waals surface area contributed by atoms with Crippen LogP contribution in [-0.4, -0.2) is 36.7 Å². The molecule has 1 fully saturated rings. The van der Waals surface area contributed by atoms with E-state index in [1.807, 2.05) is 0 Å². The third-order valence-corrected chi connectivity index (χ3v) is 3.33. The molecular weight excluding hydrogens is 174 g/mol. The lowest BCUT2D eigenvalue weighted by atomic mass is 10.0. The van der Waals surface area contributed by atoms with E-state index < -0.39 is 0 Å². The van der Waals surface area contributed by atoms with Gasteiger partial charge < -0.3 is 4.74 Å². The van der Waals surface area contributed by atoms with Crippen molar-refractivity contribution < 1.29 is 4.74 Å². The molecule has 0 amide bonds. The first-order valence-corrected chi connectivity index (χ1v) is 5.84. The van der Waals surface area contributed by atoms with Gasteiger partial charge in [0.2, 0.25) is 0 Å². The van der Waals surface area contributed by atoms with Gasteiger partial charge in [-0.05, 0) is 32.6 Å². The van der Waals surface area contributed by atoms with E-state index in [-0.39, 0.29) is 0 Å². The molecule has 1 heterocycles. The van der Waals surface area contributed by atoms with Crippen molar-refractivity contribution in [2.24, 2.45) is 5.92 Å². The first-order valence-electron chi connectivity index (χ1n) is 5.84. The average Bonchev–Trinajstić information content (AvgIpc) is 2.48. The van der Waals surface area contributed by atoms with E-state index in [9.17, 15) is 0 Å². The largest absolute Gasteiger partial charge is 0.383 e. The molecule has 84 valence electrons. The molecule has 14 heavy (non-hydrogen) atoms. The number of nitrogens with zero attached hydrogens (tertiary/aromatic N) is 1. The van der Waals surface area contributed by atoms with Crippen LogP contribution in [0.5, 0.6) is 0 Å². The first kappa shape index (κ1) is 12.0. The number of rotatable bonds is 4. The maximum atomic E-state index is 5.29. The molecule has 0 saturated carbocycles. The quantitative estimate of drug-likeness (QED) is 0.690. The van der Waals surface area contributed by atoms with Crippen molar-refractivity contribution in [3.8, 4) is 0 Å². The molecule has 1 aliphatic rings. The van der Waals surface area contributed by atoms with Crippen molar-refractivity contribution in [3.63, 3.8) is 0 Å². The van der Waals surface area contributed by atoms with Crippen LogP contribution in [-0.2, 0) is 4.74 Å². The zero-order valence-corrected chi connectivity index (χ0v) is 10.3. The molecule has 1 saturated heterocycles. The molecule has 0 aromatic carbocycles. The molecule has 0 aromatic heterocycles. The van der Waals surface area contributed by atoms with Gasteiger partial charge in [-0.3, -0.25) is 4.90 Å². The Morgan fingerprint density at radius 3 is 2.29 bits per heavy atom. The highest BCUT2D eigenvalue weighted by atomic mass is 16.5. The summed E-state index contributed by atoms with van der Waals surface area (Å²) in [7, 11) is 1.81. The van der Waals surface area contributed by atoms with Crippen molar-refractivity contribution in [1.82, 2.24) is 4.90 Å². The molecule has 2 atom stereocenters. The summed E-state index contributed by atoms with van der Waals surface area (Å²) in [5, 5.41) is 0. The molecule has 1 rings (SSSR count). The summed E-state index contributed by atoms with van der Waals surface area (Å²) in [6.07, 6.45) is 2.64. The number of hydrogen-bond acceptors (Lipinski definition) is 2. The van der Waals surface area contributed by atoms with Gasteiger partial charge in [0.25, 0.3) is 0 Å². The van der Waals surface area contributed by atoms with Crippen LogP contribution in [0, 0.1) is 5.92 Å². The second-order valence-electron chi connectivity index (χ2n) is 5.04. The van der Waals surface area contributed by atoms with E-state index in [2.05, 4.69) is 32.6 Å². The fourth-order valence-electron chi connectivity index (χ4n) is 2.78. The Morgan fingerprint density at radius 1 is 1.21 bits per heavy atom. The molecule has 0 aliphatic carbocycles. The van der Waals surface area contributed by atoms with E-state index in [0.29, 0.717) is 12.1 Å². The zero-order chi connectivity index (χ0) is 10.7. The number of ether oxygens (including phenoxy) is 1. The maximum Gasteiger partial charge on any atom is 0.0618 e. The van der Waals surface area contributed by atoms with Crippen LogP contribution >= 0.6 is 0 Å². The number of likely N-dealkylation sites (tertiary alicyclic amines) is 1. The summed E-state index contributed by atoms with van der Waals surface area (Å²) < 4.78 is 5.29. The molecule has 0 spiro atoms. The van der Waals surface area contributed by atoms with Crippen LogP contribution in [0.1, 0.15) is 40.5 Å². The highest BCUT2D eigenvalue weighted by Crippen LogP contribution is 2.30. The maximum absolute atomic E-state index is 5.29. The predicted octanol–water partition coefficient (Wildman–Crippen LogP) is 2.53. The molecule has 2 nitrogen and oxygen atoms in total. The predicted molar refractivity (Wildman–Crippen MR) is 60.5 cm³/mol. The minimum atomic E-state index is 0.644. The lowest BCUT2D eigenvalue weighted by Crippen LogP contribution is -2.45. The Hall–Kier alpha value is -0.0800. The van der Waals surface area contributed by atoms with Crippen LogP contribution in [0.25, 0.3) is 0 Å². The minimum absolute atomic E-state index is 0.644. The summed E-state index contributed by atoms with van der Waals surface area (Å²) in [4.78, 5) is 2.65. The van der Waals surface area contributed by atoms with Crippen LogP contribution in [0.15, 0.2) is 0 Å². The van der Waals surface area contributed by atoms with E-state index >= 15 is 0 Å². The van der Waals surface area contributed by atoms with Gasteiger partial charge in [-0.2, -0.15) is 0 Å². The van der Waals surface area contributed by atoms with Crippen molar-refractivity contribution >= 4 is 0 Å². The zero-order valence-electron chi connectivity index (χ0n) is 10.3. The summed E-state index contributed by atoms with van der Waals surface area (Å²) >= 11 is 0. The van der Waals surface area contributed by atoms with E-state index in [1.165, 1.54) is 12.8 Å². The van der Waals surface area contributed by atoms with Crippen molar-refractivity contribution in [3.05, 3.63) is 0 Å². The van der Waals surface area contributed by atoms with Crippen molar-refractivity contribution in [2.75, 3.05) is 13.7 Å². The Labute approximate surface area is 88.6 Å². The summed E-state index contributed by atoms with van der Waals surface area (Å²) in [5.41, 5.74) is 0. The van der Waals surface area contributed by atoms with Crippen LogP contribution in [0.4, 0.5) is 0 Å². The van der Waals surface area contributed by atoms with Gasteiger partial charge >= 0.3 is 0 Å². The monoisotopic (exact) mass is 199 g/mol. The Balaban J connectivity index is 2.64. The fraction of sp³-hybridized carbons (Fsp3) is 1.00. The smallest absolute Gasteiger partial charge is 0.0618 e. The molecule has 0 bridgehead atoms. The van der Waals surface area contributed by atoms with Crippen LogP contribution in [0.2, 0.25) is 0 Å². The van der Waals surface area contributed by atoms with Gasteiger partial charge in [-0.25, -0.2) is 0 Å². The SMILES string of the molecule is COCC1CCC(C(C)C)N1C(C)C. The van der Waals surface area contributed by atoms with Crippen LogP contribution < -0.4 is 0 Å². The average molecular weight is 199 g/mol. The van der Waals surface area contributed by atoms with Gasteiger partial charge in [-0.1, -0.05) is 13.8 Å². The van der Waals surface area contributed by atoms with E-state index in [4.69, 9.17) is 4.74 Å². The number of hydrogen-bond donors (Lipinski definition) is 0. The fourth-order valence-corrected chi connectivity index (χ4v) is 2.78. The Morgan fingerprint density at radius 2 is 1.86 bits per heavy atom. The highest BCUT2D eigenvalue weighted by Gasteiger charge is 2.36. The second-order valence-corrected chi connectivity index (χ2v) is 5.04. The highest BCUT2D eigenvalue weighted by molar-refractivity contribution is 4.90. The molecule has 0 N–H and O–H groups in total. The van der Waals surface area contributed by atoms with E-state index in [1.54, 1.807) is 7.11 Å². The lowest BCUT2D eigenvalue weighted by molar-refractivity contribution is 0.0622. The lowest BCUT2D eigenvalue weighted by Gasteiger charge is -2.35. The topological polar surface area (TPSA) is 12.5 Å². The molecule has 0 radical (unpaired) electrons. The molecule has 2 heteroatoms. The third kappa shape index (κ3) is 2.48. The molecular formula is C12H25NO. The second kappa shape index (κ2) is 5.13. The summed E-state index contributed by atoms with van der Waals surface area (Å²) in [6.45, 7) is 10.1. The standard InChI is InChI=1S/C12H25NO/c1-9(2)12-7-6-11(8-14-5)13(12)10(3)4/h9-12H,6-8H2,1-5H3. The minimum Gasteiger partial charge on any atom is -0.383 e. The van der Waals surface area contributed by atoms with Gasteiger partial charge in [-0.15, -0.1) is 0 Å². The van der Waals surface area contributed by atoms with Crippen molar-refractivity contribution in [1.29, 1.82) is 0 Å². The Bertz CT molecular complexity index is 168.